The summed E-state index contributed by atoms with van der Waals surface area (Å²) in [4.78, 5) is 0. The molecular formula is C25H40O6. The first-order chi connectivity index (χ1) is 14.9. The molecule has 6 rings (SSSR count). The van der Waals surface area contributed by atoms with Crippen molar-refractivity contribution in [3.8, 4) is 0 Å². The molecule has 8 atom stereocenters. The van der Waals surface area contributed by atoms with Crippen LogP contribution in [0.5, 0.6) is 0 Å². The Morgan fingerprint density at radius 2 is 1.55 bits per heavy atom. The lowest BCUT2D eigenvalue weighted by Gasteiger charge is -2.63. The maximum absolute atomic E-state index is 11.7. The molecule has 0 aromatic carbocycles. The van der Waals surface area contributed by atoms with Gasteiger partial charge in [-0.15, -0.1) is 0 Å². The van der Waals surface area contributed by atoms with Gasteiger partial charge in [-0.2, -0.15) is 0 Å². The minimum atomic E-state index is -0.625. The van der Waals surface area contributed by atoms with Crippen molar-refractivity contribution in [2.45, 2.75) is 82.9 Å². The zero-order chi connectivity index (χ0) is 21.5. The Balaban J connectivity index is 1.30. The third kappa shape index (κ3) is 2.85. The van der Waals surface area contributed by atoms with Crippen molar-refractivity contribution in [3.05, 3.63) is 0 Å². The molecular weight excluding hydrogens is 396 g/mol. The Kier molecular flexibility index (Phi) is 4.90. The van der Waals surface area contributed by atoms with Gasteiger partial charge in [0.25, 0.3) is 0 Å². The van der Waals surface area contributed by atoms with Crippen LogP contribution in [0.3, 0.4) is 0 Å². The van der Waals surface area contributed by atoms with Gasteiger partial charge >= 0.3 is 0 Å². The number of fused-ring (bicyclic) bond motifs is 5. The first-order valence-electron chi connectivity index (χ1n) is 12.7. The Bertz CT molecular complexity index is 700. The predicted molar refractivity (Wildman–Crippen MR) is 113 cm³/mol. The summed E-state index contributed by atoms with van der Waals surface area (Å²) in [6, 6.07) is 0. The van der Waals surface area contributed by atoms with Crippen molar-refractivity contribution in [1.82, 2.24) is 0 Å². The molecule has 0 radical (unpaired) electrons. The van der Waals surface area contributed by atoms with Crippen molar-refractivity contribution >= 4 is 0 Å². The maximum Gasteiger partial charge on any atom is 0.169 e. The van der Waals surface area contributed by atoms with E-state index in [9.17, 15) is 10.2 Å². The van der Waals surface area contributed by atoms with Crippen LogP contribution in [0.1, 0.15) is 65.2 Å². The minimum Gasteiger partial charge on any atom is -0.396 e. The van der Waals surface area contributed by atoms with E-state index < -0.39 is 5.79 Å². The van der Waals surface area contributed by atoms with Crippen LogP contribution in [-0.2, 0) is 18.9 Å². The summed E-state index contributed by atoms with van der Waals surface area (Å²) in [5.41, 5.74) is -0.177. The highest BCUT2D eigenvalue weighted by Gasteiger charge is 2.68. The fraction of sp³-hybridized carbons (Fsp3) is 1.00. The first kappa shape index (κ1) is 21.3. The van der Waals surface area contributed by atoms with Crippen molar-refractivity contribution in [2.24, 2.45) is 40.4 Å². The SMILES string of the molecule is CC1([C@@H]2CC[C@@H]3[C@@H]4CC[C@H]5CC6(CC[C@]5(C)[C@@H]4[C@@H](O)C[C@@]32CO)OCCO6)OCCO1. The van der Waals surface area contributed by atoms with Crippen molar-refractivity contribution in [1.29, 1.82) is 0 Å². The van der Waals surface area contributed by atoms with Gasteiger partial charge in [-0.3, -0.25) is 0 Å². The number of rotatable bonds is 2. The van der Waals surface area contributed by atoms with E-state index in [1.807, 2.05) is 0 Å². The largest absolute Gasteiger partial charge is 0.396 e. The van der Waals surface area contributed by atoms with E-state index in [0.717, 1.165) is 38.5 Å². The molecule has 1 spiro atoms. The van der Waals surface area contributed by atoms with E-state index in [-0.39, 0.29) is 35.2 Å². The molecule has 4 saturated carbocycles. The zero-order valence-corrected chi connectivity index (χ0v) is 19.2. The van der Waals surface area contributed by atoms with Gasteiger partial charge in [0.2, 0.25) is 0 Å². The van der Waals surface area contributed by atoms with Gasteiger partial charge in [0.1, 0.15) is 0 Å². The summed E-state index contributed by atoms with van der Waals surface area (Å²) in [6.45, 7) is 7.29. The lowest BCUT2D eigenvalue weighted by atomic mass is 9.43. The van der Waals surface area contributed by atoms with Gasteiger partial charge in [-0.05, 0) is 74.5 Å². The molecule has 0 aromatic heterocycles. The summed E-state index contributed by atoms with van der Waals surface area (Å²) in [5, 5.41) is 22.5. The molecule has 6 nitrogen and oxygen atoms in total. The smallest absolute Gasteiger partial charge is 0.169 e. The fourth-order valence-corrected chi connectivity index (χ4v) is 9.68. The Morgan fingerprint density at radius 1 is 0.839 bits per heavy atom. The van der Waals surface area contributed by atoms with Crippen molar-refractivity contribution in [3.63, 3.8) is 0 Å². The van der Waals surface area contributed by atoms with Crippen LogP contribution >= 0.6 is 0 Å². The molecule has 0 unspecified atom stereocenters. The van der Waals surface area contributed by atoms with Crippen LogP contribution < -0.4 is 0 Å². The van der Waals surface area contributed by atoms with Gasteiger partial charge in [-0.1, -0.05) is 6.92 Å². The van der Waals surface area contributed by atoms with Crippen LogP contribution in [-0.4, -0.2) is 60.9 Å². The number of hydrogen-bond donors (Lipinski definition) is 2. The molecule has 2 heterocycles. The van der Waals surface area contributed by atoms with E-state index >= 15 is 0 Å². The third-order valence-corrected chi connectivity index (χ3v) is 10.9. The zero-order valence-electron chi connectivity index (χ0n) is 19.2. The summed E-state index contributed by atoms with van der Waals surface area (Å²) in [7, 11) is 0. The average molecular weight is 437 g/mol. The van der Waals surface area contributed by atoms with Crippen molar-refractivity contribution < 1.29 is 29.2 Å². The molecule has 0 amide bonds. The molecule has 0 aromatic rings. The quantitative estimate of drug-likeness (QED) is 0.693. The van der Waals surface area contributed by atoms with E-state index in [2.05, 4.69) is 13.8 Å². The average Bonchev–Trinajstić information content (AvgIpc) is 3.48. The van der Waals surface area contributed by atoms with Gasteiger partial charge in [0.05, 0.1) is 32.5 Å². The highest BCUT2D eigenvalue weighted by molar-refractivity contribution is 5.15. The Hall–Kier alpha value is -0.240. The normalized spacial score (nSPS) is 52.6. The lowest BCUT2D eigenvalue weighted by Crippen LogP contribution is -2.62. The minimum absolute atomic E-state index is 0.118. The molecule has 6 aliphatic rings. The molecule has 2 N–H and O–H groups in total. The number of aliphatic hydroxyl groups is 2. The summed E-state index contributed by atoms with van der Waals surface area (Å²) in [5.74, 6) is 0.892. The molecule has 0 bridgehead atoms. The molecule has 6 fully saturated rings. The van der Waals surface area contributed by atoms with Gasteiger partial charge in [0, 0.05) is 30.8 Å². The highest BCUT2D eigenvalue weighted by atomic mass is 16.7. The monoisotopic (exact) mass is 436 g/mol. The van der Waals surface area contributed by atoms with Crippen LogP contribution in [0.2, 0.25) is 0 Å². The summed E-state index contributed by atoms with van der Waals surface area (Å²) >= 11 is 0. The topological polar surface area (TPSA) is 77.4 Å². The number of aliphatic hydroxyl groups excluding tert-OH is 2. The lowest BCUT2D eigenvalue weighted by molar-refractivity contribution is -0.260. The second kappa shape index (κ2) is 7.13. The van der Waals surface area contributed by atoms with E-state index in [0.29, 0.717) is 56.5 Å². The second-order valence-corrected chi connectivity index (χ2v) is 11.9. The Morgan fingerprint density at radius 3 is 2.26 bits per heavy atom. The van der Waals surface area contributed by atoms with E-state index in [1.165, 1.54) is 6.42 Å². The van der Waals surface area contributed by atoms with Crippen LogP contribution in [0, 0.1) is 40.4 Å². The van der Waals surface area contributed by atoms with Crippen LogP contribution in [0.15, 0.2) is 0 Å². The predicted octanol–water partition coefficient (Wildman–Crippen LogP) is 3.09. The van der Waals surface area contributed by atoms with Crippen LogP contribution in [0.25, 0.3) is 0 Å². The van der Waals surface area contributed by atoms with Crippen LogP contribution in [0.4, 0.5) is 0 Å². The molecule has 31 heavy (non-hydrogen) atoms. The summed E-state index contributed by atoms with van der Waals surface area (Å²) in [6.07, 6.45) is 7.69. The highest BCUT2D eigenvalue weighted by Crippen LogP contribution is 2.69. The second-order valence-electron chi connectivity index (χ2n) is 11.9. The standard InChI is InChI=1S/C25H40O6/c1-22-7-8-25(30-11-12-31-25)13-16(22)3-4-17-18-5-6-20(23(2)28-9-10-29-23)24(18,15-26)14-19(27)21(17)22/h16-21,26-27H,3-15H2,1-2H3/t16-,17-,18+,19-,20-,21-,22-,24+/m0/s1. The van der Waals surface area contributed by atoms with E-state index in [1.54, 1.807) is 0 Å². The molecule has 2 saturated heterocycles. The van der Waals surface area contributed by atoms with E-state index in [4.69, 9.17) is 18.9 Å². The van der Waals surface area contributed by atoms with Gasteiger partial charge in [-0.25, -0.2) is 0 Å². The first-order valence-corrected chi connectivity index (χ1v) is 12.7. The van der Waals surface area contributed by atoms with Gasteiger partial charge < -0.3 is 29.2 Å². The number of ether oxygens (including phenoxy) is 4. The molecule has 176 valence electrons. The molecule has 6 heteroatoms. The number of hydrogen-bond acceptors (Lipinski definition) is 6. The molecule has 2 aliphatic heterocycles. The fourth-order valence-electron chi connectivity index (χ4n) is 9.68. The van der Waals surface area contributed by atoms with Crippen molar-refractivity contribution in [2.75, 3.05) is 33.0 Å². The third-order valence-electron chi connectivity index (χ3n) is 10.9. The van der Waals surface area contributed by atoms with Gasteiger partial charge in [0.15, 0.2) is 11.6 Å². The molecule has 4 aliphatic carbocycles. The maximum atomic E-state index is 11.7. The Labute approximate surface area is 186 Å². The summed E-state index contributed by atoms with van der Waals surface area (Å²) < 4.78 is 24.3.